The van der Waals surface area contributed by atoms with E-state index in [-0.39, 0.29) is 5.91 Å². The highest BCUT2D eigenvalue weighted by molar-refractivity contribution is 7.88. The molecule has 1 heterocycles. The summed E-state index contributed by atoms with van der Waals surface area (Å²) in [5.74, 6) is -0.216. The Morgan fingerprint density at radius 3 is 2.60 bits per heavy atom. The number of nitrogen functional groups attached to an aromatic ring is 1. The summed E-state index contributed by atoms with van der Waals surface area (Å²) >= 11 is 0. The second-order valence-electron chi connectivity index (χ2n) is 4.63. The van der Waals surface area contributed by atoms with E-state index < -0.39 is 10.0 Å². The molecule has 0 spiro atoms. The number of rotatable bonds is 7. The fourth-order valence-electron chi connectivity index (χ4n) is 1.92. The van der Waals surface area contributed by atoms with Crippen LogP contribution in [0, 0.1) is 0 Å². The molecule has 0 aromatic carbocycles. The number of carbonyl (C=O) groups is 1. The SMILES string of the molecule is CCN(CCCNC(=O)c1cc(N)cn1C)S(C)(=O)=O. The maximum Gasteiger partial charge on any atom is 0.267 e. The molecule has 0 bridgehead atoms. The van der Waals surface area contributed by atoms with Crippen LogP contribution in [0.15, 0.2) is 12.3 Å². The van der Waals surface area contributed by atoms with Gasteiger partial charge in [-0.25, -0.2) is 12.7 Å². The van der Waals surface area contributed by atoms with E-state index in [9.17, 15) is 13.2 Å². The van der Waals surface area contributed by atoms with Gasteiger partial charge in [-0.05, 0) is 12.5 Å². The van der Waals surface area contributed by atoms with Crippen molar-refractivity contribution in [1.29, 1.82) is 0 Å². The van der Waals surface area contributed by atoms with Crippen LogP contribution in [-0.4, -0.2) is 49.1 Å². The van der Waals surface area contributed by atoms with Crippen LogP contribution in [0.25, 0.3) is 0 Å². The Kier molecular flexibility index (Phi) is 5.58. The van der Waals surface area contributed by atoms with Crippen molar-refractivity contribution < 1.29 is 13.2 Å². The zero-order chi connectivity index (χ0) is 15.3. The number of carbonyl (C=O) groups excluding carboxylic acids is 1. The fraction of sp³-hybridized carbons (Fsp3) is 0.583. The first kappa shape index (κ1) is 16.5. The quantitative estimate of drug-likeness (QED) is 0.693. The number of sulfonamides is 1. The number of hydrogen-bond acceptors (Lipinski definition) is 4. The van der Waals surface area contributed by atoms with Gasteiger partial charge in [-0.3, -0.25) is 4.79 Å². The number of aryl methyl sites for hydroxylation is 1. The zero-order valence-electron chi connectivity index (χ0n) is 12.1. The molecule has 1 aromatic heterocycles. The summed E-state index contributed by atoms with van der Waals surface area (Å²) < 4.78 is 25.8. The lowest BCUT2D eigenvalue weighted by Gasteiger charge is -2.17. The lowest BCUT2D eigenvalue weighted by atomic mass is 10.3. The first-order valence-corrected chi connectivity index (χ1v) is 8.25. The highest BCUT2D eigenvalue weighted by Gasteiger charge is 2.14. The fourth-order valence-corrected chi connectivity index (χ4v) is 2.85. The van der Waals surface area contributed by atoms with E-state index in [0.29, 0.717) is 37.4 Å². The molecule has 0 unspecified atom stereocenters. The van der Waals surface area contributed by atoms with Crippen LogP contribution in [0.1, 0.15) is 23.8 Å². The van der Waals surface area contributed by atoms with E-state index in [1.54, 1.807) is 30.8 Å². The summed E-state index contributed by atoms with van der Waals surface area (Å²) in [6.45, 7) is 3.02. The van der Waals surface area contributed by atoms with Crippen LogP contribution >= 0.6 is 0 Å². The molecule has 3 N–H and O–H groups in total. The molecular weight excluding hydrogens is 280 g/mol. The third-order valence-electron chi connectivity index (χ3n) is 2.95. The molecule has 0 radical (unpaired) electrons. The molecule has 20 heavy (non-hydrogen) atoms. The summed E-state index contributed by atoms with van der Waals surface area (Å²) in [6, 6.07) is 1.60. The number of anilines is 1. The van der Waals surface area contributed by atoms with E-state index in [4.69, 9.17) is 5.73 Å². The van der Waals surface area contributed by atoms with Gasteiger partial charge in [-0.15, -0.1) is 0 Å². The van der Waals surface area contributed by atoms with Crippen LogP contribution in [0.5, 0.6) is 0 Å². The van der Waals surface area contributed by atoms with Crippen LogP contribution in [0.2, 0.25) is 0 Å². The van der Waals surface area contributed by atoms with Crippen LogP contribution < -0.4 is 11.1 Å². The zero-order valence-corrected chi connectivity index (χ0v) is 12.9. The van der Waals surface area contributed by atoms with Gasteiger partial charge >= 0.3 is 0 Å². The first-order chi connectivity index (χ1) is 9.25. The minimum atomic E-state index is -3.17. The Balaban J connectivity index is 2.42. The first-order valence-electron chi connectivity index (χ1n) is 6.41. The minimum absolute atomic E-state index is 0.216. The van der Waals surface area contributed by atoms with Crippen LogP contribution in [0.4, 0.5) is 5.69 Å². The standard InChI is InChI=1S/C12H22N4O3S/c1-4-16(20(3,18)19)7-5-6-14-12(17)11-8-10(13)9-15(11)2/h8-9H,4-7,13H2,1-3H3,(H,14,17). The minimum Gasteiger partial charge on any atom is -0.397 e. The van der Waals surface area contributed by atoms with Crippen molar-refractivity contribution in [2.24, 2.45) is 7.05 Å². The number of hydrogen-bond donors (Lipinski definition) is 2. The van der Waals surface area contributed by atoms with Gasteiger partial charge in [0.15, 0.2) is 0 Å². The average Bonchev–Trinajstić information content (AvgIpc) is 2.66. The maximum absolute atomic E-state index is 11.9. The molecular formula is C12H22N4O3S. The molecule has 0 aliphatic rings. The van der Waals surface area contributed by atoms with Crippen LogP contribution in [-0.2, 0) is 17.1 Å². The van der Waals surface area contributed by atoms with E-state index in [1.165, 1.54) is 10.6 Å². The molecule has 0 saturated heterocycles. The van der Waals surface area contributed by atoms with E-state index >= 15 is 0 Å². The van der Waals surface area contributed by atoms with Gasteiger partial charge in [0.25, 0.3) is 5.91 Å². The van der Waals surface area contributed by atoms with E-state index in [0.717, 1.165) is 0 Å². The van der Waals surface area contributed by atoms with Gasteiger partial charge < -0.3 is 15.6 Å². The van der Waals surface area contributed by atoms with Crippen molar-refractivity contribution in [2.45, 2.75) is 13.3 Å². The van der Waals surface area contributed by atoms with E-state index in [2.05, 4.69) is 5.32 Å². The highest BCUT2D eigenvalue weighted by Crippen LogP contribution is 2.08. The average molecular weight is 302 g/mol. The van der Waals surface area contributed by atoms with E-state index in [1.807, 2.05) is 0 Å². The monoisotopic (exact) mass is 302 g/mol. The summed E-state index contributed by atoms with van der Waals surface area (Å²) in [5.41, 5.74) is 6.62. The Labute approximate surface area is 119 Å². The number of nitrogens with zero attached hydrogens (tertiary/aromatic N) is 2. The summed E-state index contributed by atoms with van der Waals surface area (Å²) in [5, 5.41) is 2.75. The topological polar surface area (TPSA) is 97.4 Å². The molecule has 0 saturated carbocycles. The number of nitrogens with two attached hydrogens (primary N) is 1. The summed E-state index contributed by atoms with van der Waals surface area (Å²) in [6.07, 6.45) is 3.41. The maximum atomic E-state index is 11.9. The van der Waals surface area contributed by atoms with Gasteiger partial charge in [0, 0.05) is 32.9 Å². The highest BCUT2D eigenvalue weighted by atomic mass is 32.2. The smallest absolute Gasteiger partial charge is 0.267 e. The van der Waals surface area contributed by atoms with Crippen molar-refractivity contribution in [1.82, 2.24) is 14.2 Å². The van der Waals surface area contributed by atoms with Crippen molar-refractivity contribution in [3.05, 3.63) is 18.0 Å². The second-order valence-corrected chi connectivity index (χ2v) is 6.62. The molecule has 1 rings (SSSR count). The molecule has 7 nitrogen and oxygen atoms in total. The van der Waals surface area contributed by atoms with Gasteiger partial charge in [0.2, 0.25) is 10.0 Å². The molecule has 0 aliphatic carbocycles. The predicted octanol–water partition coefficient (Wildman–Crippen LogP) is 0.00870. The van der Waals surface area contributed by atoms with Crippen molar-refractivity contribution in [3.8, 4) is 0 Å². The molecule has 114 valence electrons. The largest absolute Gasteiger partial charge is 0.397 e. The van der Waals surface area contributed by atoms with Crippen molar-refractivity contribution >= 4 is 21.6 Å². The van der Waals surface area contributed by atoms with Crippen molar-refractivity contribution in [3.63, 3.8) is 0 Å². The number of aromatic nitrogens is 1. The Morgan fingerprint density at radius 2 is 2.15 bits per heavy atom. The van der Waals surface area contributed by atoms with Crippen molar-refractivity contribution in [2.75, 3.05) is 31.6 Å². The van der Waals surface area contributed by atoms with Gasteiger partial charge in [0.05, 0.1) is 11.9 Å². The van der Waals surface area contributed by atoms with Gasteiger partial charge in [-0.1, -0.05) is 6.92 Å². The molecule has 0 fully saturated rings. The molecule has 8 heteroatoms. The third-order valence-corrected chi connectivity index (χ3v) is 4.33. The van der Waals surface area contributed by atoms with Gasteiger partial charge in [-0.2, -0.15) is 0 Å². The predicted molar refractivity (Wildman–Crippen MR) is 78.9 cm³/mol. The third kappa shape index (κ3) is 4.53. The Bertz CT molecular complexity index is 565. The molecule has 0 atom stereocenters. The normalized spacial score (nSPS) is 11.8. The Hall–Kier alpha value is -1.54. The molecule has 0 aliphatic heterocycles. The molecule has 1 aromatic rings. The number of nitrogens with one attached hydrogen (secondary N) is 1. The Morgan fingerprint density at radius 1 is 1.50 bits per heavy atom. The second kappa shape index (κ2) is 6.76. The van der Waals surface area contributed by atoms with Gasteiger partial charge in [0.1, 0.15) is 5.69 Å². The lowest BCUT2D eigenvalue weighted by molar-refractivity contribution is 0.0944. The summed E-state index contributed by atoms with van der Waals surface area (Å²) in [4.78, 5) is 11.9. The van der Waals surface area contributed by atoms with Crippen LogP contribution in [0.3, 0.4) is 0 Å². The lowest BCUT2D eigenvalue weighted by Crippen LogP contribution is -2.33. The number of amides is 1. The molecule has 1 amide bonds. The summed E-state index contributed by atoms with van der Waals surface area (Å²) in [7, 11) is -1.43.